The molecule has 1 amide bonds. The van der Waals surface area contributed by atoms with Gasteiger partial charge in [-0.1, -0.05) is 13.3 Å². The average Bonchev–Trinajstić information content (AvgIpc) is 2.64. The molecule has 3 N–H and O–H groups in total. The van der Waals surface area contributed by atoms with E-state index in [1.165, 1.54) is 25.3 Å². The first-order valence-corrected chi connectivity index (χ1v) is 8.39. The average molecular weight is 399 g/mol. The van der Waals surface area contributed by atoms with Gasteiger partial charge >= 0.3 is 11.9 Å². The first-order valence-electron chi connectivity index (χ1n) is 8.39. The lowest BCUT2D eigenvalue weighted by molar-refractivity contribution is -0.384. The van der Waals surface area contributed by atoms with E-state index in [4.69, 9.17) is 24.5 Å². The van der Waals surface area contributed by atoms with Gasteiger partial charge < -0.3 is 25.2 Å². The zero-order valence-corrected chi connectivity index (χ0v) is 16.0. The second-order valence-electron chi connectivity index (χ2n) is 5.71. The summed E-state index contributed by atoms with van der Waals surface area (Å²) in [5, 5.41) is 28.3. The number of amides is 1. The minimum absolute atomic E-state index is 0.0869. The van der Waals surface area contributed by atoms with Crippen LogP contribution in [0.25, 0.3) is 0 Å². The van der Waals surface area contributed by atoms with E-state index < -0.39 is 16.9 Å². The molecule has 0 aliphatic rings. The van der Waals surface area contributed by atoms with Crippen molar-refractivity contribution in [1.29, 1.82) is 0 Å². The van der Waals surface area contributed by atoms with Crippen molar-refractivity contribution in [2.75, 3.05) is 32.6 Å². The van der Waals surface area contributed by atoms with Gasteiger partial charge in [0, 0.05) is 25.1 Å². The number of nitrogens with one attached hydrogen (secondary N) is 1. The summed E-state index contributed by atoms with van der Waals surface area (Å²) in [5.41, 5.74) is 0.231. The molecular weight excluding hydrogens is 374 g/mol. The number of hydrogen-bond acceptors (Lipinski definition) is 7. The van der Waals surface area contributed by atoms with Crippen molar-refractivity contribution in [2.24, 2.45) is 0 Å². The molecule has 0 heterocycles. The van der Waals surface area contributed by atoms with Crippen LogP contribution in [-0.4, -0.2) is 65.1 Å². The van der Waals surface area contributed by atoms with Gasteiger partial charge in [-0.2, -0.15) is 0 Å². The highest BCUT2D eigenvalue weighted by Crippen LogP contribution is 2.28. The lowest BCUT2D eigenvalue weighted by atomic mass is 10.2. The lowest BCUT2D eigenvalue weighted by Gasteiger charge is -2.16. The van der Waals surface area contributed by atoms with Crippen LogP contribution in [0.3, 0.4) is 0 Å². The maximum atomic E-state index is 12.0. The monoisotopic (exact) mass is 399 g/mol. The highest BCUT2D eigenvalue weighted by molar-refractivity contribution is 6.27. The van der Waals surface area contributed by atoms with Crippen LogP contribution in [0.15, 0.2) is 18.2 Å². The summed E-state index contributed by atoms with van der Waals surface area (Å²) in [6.07, 6.45) is 2.53. The summed E-state index contributed by atoms with van der Waals surface area (Å²) in [7, 11) is 3.42. The summed E-state index contributed by atoms with van der Waals surface area (Å²) in [4.78, 5) is 42.6. The fraction of sp³-hybridized carbons (Fsp3) is 0.471. The second-order valence-corrected chi connectivity index (χ2v) is 5.71. The van der Waals surface area contributed by atoms with Crippen LogP contribution in [0.1, 0.15) is 26.2 Å². The molecule has 0 radical (unpaired) electrons. The molecule has 1 rings (SSSR count). The van der Waals surface area contributed by atoms with E-state index >= 15 is 0 Å². The third kappa shape index (κ3) is 10.1. The van der Waals surface area contributed by atoms with Gasteiger partial charge in [0.2, 0.25) is 5.91 Å². The fourth-order valence-electron chi connectivity index (χ4n) is 1.95. The number of non-ortho nitro benzene ring substituents is 1. The molecule has 0 fully saturated rings. The summed E-state index contributed by atoms with van der Waals surface area (Å²) in [6.45, 7) is 3.71. The minimum Gasteiger partial charge on any atom is -0.495 e. The van der Waals surface area contributed by atoms with Crippen LogP contribution in [0.4, 0.5) is 11.4 Å². The molecule has 0 aromatic heterocycles. The molecule has 0 spiro atoms. The van der Waals surface area contributed by atoms with Crippen molar-refractivity contribution in [1.82, 2.24) is 4.90 Å². The predicted octanol–water partition coefficient (Wildman–Crippen LogP) is 1.82. The van der Waals surface area contributed by atoms with Crippen molar-refractivity contribution < 1.29 is 34.3 Å². The molecule has 1 aromatic rings. The number of aliphatic carboxylic acids is 2. The van der Waals surface area contributed by atoms with Gasteiger partial charge in [0.05, 0.1) is 17.7 Å². The first-order chi connectivity index (χ1) is 13.1. The van der Waals surface area contributed by atoms with Gasteiger partial charge in [-0.3, -0.25) is 14.9 Å². The number of unbranched alkanes of at least 4 members (excludes halogenated alkanes) is 1. The van der Waals surface area contributed by atoms with Gasteiger partial charge in [0.15, 0.2) is 0 Å². The number of methoxy groups -OCH3 is 1. The minimum atomic E-state index is -1.82. The Kier molecular flexibility index (Phi) is 11.5. The van der Waals surface area contributed by atoms with E-state index in [1.54, 1.807) is 0 Å². The van der Waals surface area contributed by atoms with Gasteiger partial charge in [-0.15, -0.1) is 0 Å². The molecule has 156 valence electrons. The third-order valence-electron chi connectivity index (χ3n) is 3.46. The number of hydrogen-bond donors (Lipinski definition) is 3. The van der Waals surface area contributed by atoms with Crippen LogP contribution in [-0.2, 0) is 14.4 Å². The molecule has 0 saturated heterocycles. The number of carboxylic acid groups (broad SMARTS) is 2. The number of carboxylic acids is 2. The molecule has 11 nitrogen and oxygen atoms in total. The number of nitro benzene ring substituents is 1. The molecule has 0 unspecified atom stereocenters. The smallest absolute Gasteiger partial charge is 0.414 e. The maximum absolute atomic E-state index is 12.0. The number of carbonyl (C=O) groups is 3. The Hall–Kier alpha value is -3.21. The number of benzene rings is 1. The first kappa shape index (κ1) is 24.8. The Labute approximate surface area is 162 Å². The summed E-state index contributed by atoms with van der Waals surface area (Å²) in [6, 6.07) is 4.12. The second kappa shape index (κ2) is 13.0. The van der Waals surface area contributed by atoms with Crippen LogP contribution in [0.2, 0.25) is 0 Å². The van der Waals surface area contributed by atoms with E-state index in [0.717, 1.165) is 19.4 Å². The number of rotatable bonds is 9. The number of ether oxygens (including phenoxy) is 1. The topological polar surface area (TPSA) is 159 Å². The summed E-state index contributed by atoms with van der Waals surface area (Å²) < 4.78 is 5.11. The Morgan fingerprint density at radius 3 is 2.29 bits per heavy atom. The van der Waals surface area contributed by atoms with E-state index in [9.17, 15) is 14.9 Å². The summed E-state index contributed by atoms with van der Waals surface area (Å²) in [5.74, 6) is -3.44. The van der Waals surface area contributed by atoms with Crippen molar-refractivity contribution >= 4 is 29.2 Å². The standard InChI is InChI=1S/C15H23N3O4.C2H2O4/c1-4-5-9-17(2)10-8-15(19)16-13-11-12(18(20)21)6-7-14(13)22-3;3-1(4)2(5)6/h6-7,11H,4-5,8-10H2,1-3H3,(H,16,19);(H,3,4)(H,5,6). The van der Waals surface area contributed by atoms with Gasteiger partial charge in [0.25, 0.3) is 5.69 Å². The van der Waals surface area contributed by atoms with Crippen LogP contribution in [0.5, 0.6) is 5.75 Å². The molecule has 1 aromatic carbocycles. The Morgan fingerprint density at radius 1 is 1.21 bits per heavy atom. The van der Waals surface area contributed by atoms with Crippen LogP contribution >= 0.6 is 0 Å². The molecule has 0 bridgehead atoms. The van der Waals surface area contributed by atoms with Gasteiger partial charge in [-0.05, 0) is 26.1 Å². The van der Waals surface area contributed by atoms with Crippen molar-refractivity contribution in [2.45, 2.75) is 26.2 Å². The van der Waals surface area contributed by atoms with Crippen LogP contribution < -0.4 is 10.1 Å². The van der Waals surface area contributed by atoms with Crippen LogP contribution in [0, 0.1) is 10.1 Å². The molecular formula is C17H25N3O8. The number of anilines is 1. The largest absolute Gasteiger partial charge is 0.495 e. The number of nitro groups is 1. The van der Waals surface area contributed by atoms with E-state index in [-0.39, 0.29) is 11.6 Å². The van der Waals surface area contributed by atoms with Crippen molar-refractivity contribution in [3.8, 4) is 5.75 Å². The molecule has 0 aliphatic heterocycles. The van der Waals surface area contributed by atoms with Crippen molar-refractivity contribution in [3.05, 3.63) is 28.3 Å². The van der Waals surface area contributed by atoms with Gasteiger partial charge in [-0.25, -0.2) is 9.59 Å². The Bertz CT molecular complexity index is 681. The maximum Gasteiger partial charge on any atom is 0.414 e. The highest BCUT2D eigenvalue weighted by atomic mass is 16.6. The third-order valence-corrected chi connectivity index (χ3v) is 3.46. The van der Waals surface area contributed by atoms with Crippen molar-refractivity contribution in [3.63, 3.8) is 0 Å². The molecule has 0 atom stereocenters. The van der Waals surface area contributed by atoms with E-state index in [2.05, 4.69) is 17.1 Å². The number of carbonyl (C=O) groups excluding carboxylic acids is 1. The molecule has 0 saturated carbocycles. The summed E-state index contributed by atoms with van der Waals surface area (Å²) >= 11 is 0. The van der Waals surface area contributed by atoms with Gasteiger partial charge in [0.1, 0.15) is 5.75 Å². The SMILES string of the molecule is CCCCN(C)CCC(=O)Nc1cc([N+](=O)[O-])ccc1OC.O=C(O)C(=O)O. The fourth-order valence-corrected chi connectivity index (χ4v) is 1.95. The number of nitrogens with zero attached hydrogens (tertiary/aromatic N) is 2. The highest BCUT2D eigenvalue weighted by Gasteiger charge is 2.14. The van der Waals surface area contributed by atoms with E-state index in [1.807, 2.05) is 7.05 Å². The quantitative estimate of drug-likeness (QED) is 0.320. The molecule has 0 aliphatic carbocycles. The van der Waals surface area contributed by atoms with E-state index in [0.29, 0.717) is 24.4 Å². The predicted molar refractivity (Wildman–Crippen MR) is 101 cm³/mol. The Balaban J connectivity index is 0.00000105. The zero-order chi connectivity index (χ0) is 21.7. The Morgan fingerprint density at radius 2 is 1.82 bits per heavy atom. The lowest BCUT2D eigenvalue weighted by Crippen LogP contribution is -2.25. The normalized spacial score (nSPS) is 9.86. The zero-order valence-electron chi connectivity index (χ0n) is 16.0. The molecule has 28 heavy (non-hydrogen) atoms. The molecule has 11 heteroatoms.